The average Bonchev–Trinajstić information content (AvgIpc) is 2.05. The molecule has 0 aliphatic rings. The van der Waals surface area contributed by atoms with Crippen LogP contribution in [-0.4, -0.2) is 31.8 Å². The van der Waals surface area contributed by atoms with Crippen molar-refractivity contribution in [3.05, 3.63) is 23.0 Å². The summed E-state index contributed by atoms with van der Waals surface area (Å²) in [6, 6.07) is 0. The molecule has 0 aliphatic carbocycles. The van der Waals surface area contributed by atoms with Crippen LogP contribution in [0.5, 0.6) is 0 Å². The first kappa shape index (κ1) is 12.3. The third-order valence-electron chi connectivity index (χ3n) is 1.16. The van der Waals surface area contributed by atoms with Crippen molar-refractivity contribution >= 4 is 9.84 Å². The van der Waals surface area contributed by atoms with Crippen LogP contribution in [0.1, 0.15) is 12.8 Å². The van der Waals surface area contributed by atoms with E-state index in [4.69, 9.17) is 10.2 Å². The van der Waals surface area contributed by atoms with E-state index in [9.17, 15) is 8.42 Å². The van der Waals surface area contributed by atoms with Gasteiger partial charge in [0.2, 0.25) is 0 Å². The van der Waals surface area contributed by atoms with E-state index in [2.05, 4.69) is 0 Å². The lowest BCUT2D eigenvalue weighted by atomic mass is 10.5. The van der Waals surface area contributed by atoms with Gasteiger partial charge in [-0.1, -0.05) is 12.2 Å². The lowest BCUT2D eigenvalue weighted by Crippen LogP contribution is -1.89. The minimum Gasteiger partial charge on any atom is -0.396 e. The zero-order valence-electron chi connectivity index (χ0n) is 7.26. The Bertz CT molecular complexity index is 242. The highest BCUT2D eigenvalue weighted by Crippen LogP contribution is 1.97. The van der Waals surface area contributed by atoms with Crippen LogP contribution in [0.3, 0.4) is 0 Å². The van der Waals surface area contributed by atoms with E-state index in [1.165, 1.54) is 12.2 Å². The van der Waals surface area contributed by atoms with Crippen LogP contribution < -0.4 is 0 Å². The van der Waals surface area contributed by atoms with Crippen LogP contribution in [0.25, 0.3) is 0 Å². The minimum atomic E-state index is -3.31. The minimum absolute atomic E-state index is 0.0631. The van der Waals surface area contributed by atoms with Gasteiger partial charge in [0, 0.05) is 24.0 Å². The fourth-order valence-electron chi connectivity index (χ4n) is 0.599. The molecule has 0 aliphatic heterocycles. The zero-order valence-corrected chi connectivity index (χ0v) is 8.07. The molecular weight excluding hydrogens is 192 g/mol. The number of rotatable bonds is 6. The van der Waals surface area contributed by atoms with Gasteiger partial charge in [-0.05, 0) is 12.8 Å². The first-order valence-corrected chi connectivity index (χ1v) is 5.53. The quantitative estimate of drug-likeness (QED) is 0.650. The van der Waals surface area contributed by atoms with Gasteiger partial charge in [0.15, 0.2) is 9.84 Å². The van der Waals surface area contributed by atoms with Crippen LogP contribution in [-0.2, 0) is 9.84 Å². The predicted octanol–water partition coefficient (Wildman–Crippen LogP) is 0.193. The fraction of sp³-hybridized carbons (Fsp3) is 0.500. The van der Waals surface area contributed by atoms with Crippen molar-refractivity contribution in [2.75, 3.05) is 13.2 Å². The van der Waals surface area contributed by atoms with Crippen molar-refractivity contribution in [1.82, 2.24) is 0 Å². The molecule has 0 saturated heterocycles. The summed E-state index contributed by atoms with van der Waals surface area (Å²) in [6.45, 7) is -0.126. The Kier molecular flexibility index (Phi) is 6.48. The van der Waals surface area contributed by atoms with Gasteiger partial charge >= 0.3 is 0 Å². The Morgan fingerprint density at radius 3 is 1.62 bits per heavy atom. The molecule has 0 radical (unpaired) electrons. The van der Waals surface area contributed by atoms with Crippen LogP contribution >= 0.6 is 0 Å². The van der Waals surface area contributed by atoms with Gasteiger partial charge < -0.3 is 10.2 Å². The Labute approximate surface area is 78.1 Å². The molecule has 0 unspecified atom stereocenters. The molecule has 0 spiro atoms. The molecule has 0 aromatic rings. The van der Waals surface area contributed by atoms with Gasteiger partial charge in [-0.2, -0.15) is 0 Å². The van der Waals surface area contributed by atoms with E-state index in [1.54, 1.807) is 0 Å². The summed E-state index contributed by atoms with van der Waals surface area (Å²) in [7, 11) is -3.31. The molecule has 13 heavy (non-hydrogen) atoms. The Morgan fingerprint density at radius 2 is 1.31 bits per heavy atom. The molecule has 0 fully saturated rings. The van der Waals surface area contributed by atoms with Crippen LogP contribution in [0.2, 0.25) is 0 Å². The molecule has 0 heterocycles. The standard InChI is InChI=1S/C8H14O4S/c9-5-1-3-7-13(11,12)8-4-2-6-10/h3-4,7-10H,1-2,5-6H2. The van der Waals surface area contributed by atoms with Gasteiger partial charge in [-0.15, -0.1) is 0 Å². The number of aliphatic hydroxyl groups is 2. The smallest absolute Gasteiger partial charge is 0.192 e. The van der Waals surface area contributed by atoms with E-state index >= 15 is 0 Å². The maximum Gasteiger partial charge on any atom is 0.192 e. The highest BCUT2D eigenvalue weighted by molar-refractivity contribution is 7.97. The van der Waals surface area contributed by atoms with Crippen molar-refractivity contribution in [1.29, 1.82) is 0 Å². The zero-order chi connectivity index (χ0) is 10.2. The van der Waals surface area contributed by atoms with Gasteiger partial charge in [-0.3, -0.25) is 0 Å². The molecule has 0 saturated carbocycles. The Hall–Kier alpha value is -0.650. The van der Waals surface area contributed by atoms with Gasteiger partial charge in [-0.25, -0.2) is 8.42 Å². The normalized spacial score (nSPS) is 13.1. The summed E-state index contributed by atoms with van der Waals surface area (Å²) in [5.41, 5.74) is 0. The summed E-state index contributed by atoms with van der Waals surface area (Å²) in [6.07, 6.45) is 3.43. The van der Waals surface area contributed by atoms with Crippen LogP contribution in [0, 0.1) is 0 Å². The van der Waals surface area contributed by atoms with Crippen LogP contribution in [0.15, 0.2) is 23.0 Å². The van der Waals surface area contributed by atoms with Crippen molar-refractivity contribution in [3.8, 4) is 0 Å². The maximum atomic E-state index is 11.0. The number of sulfone groups is 1. The lowest BCUT2D eigenvalue weighted by Gasteiger charge is -1.88. The van der Waals surface area contributed by atoms with E-state index in [0.29, 0.717) is 12.8 Å². The van der Waals surface area contributed by atoms with E-state index in [1.807, 2.05) is 0 Å². The molecule has 0 rings (SSSR count). The first-order chi connectivity index (χ1) is 6.12. The molecule has 0 bridgehead atoms. The van der Waals surface area contributed by atoms with Crippen molar-refractivity contribution in [2.24, 2.45) is 0 Å². The number of hydrogen-bond acceptors (Lipinski definition) is 4. The SMILES string of the molecule is O=S(=O)(C=CCCO)C=CCCO. The third-order valence-corrected chi connectivity index (χ3v) is 2.31. The van der Waals surface area contributed by atoms with Crippen molar-refractivity contribution in [3.63, 3.8) is 0 Å². The summed E-state index contributed by atoms with van der Waals surface area (Å²) < 4.78 is 22.1. The predicted molar refractivity (Wildman–Crippen MR) is 50.6 cm³/mol. The molecule has 2 N–H and O–H groups in total. The van der Waals surface area contributed by atoms with E-state index in [-0.39, 0.29) is 13.2 Å². The number of aliphatic hydroxyl groups excluding tert-OH is 2. The van der Waals surface area contributed by atoms with Gasteiger partial charge in [0.1, 0.15) is 0 Å². The number of hydrogen-bond donors (Lipinski definition) is 2. The van der Waals surface area contributed by atoms with Crippen LogP contribution in [0.4, 0.5) is 0 Å². The van der Waals surface area contributed by atoms with Gasteiger partial charge in [0.25, 0.3) is 0 Å². The average molecular weight is 206 g/mol. The second-order valence-electron chi connectivity index (χ2n) is 2.36. The molecule has 0 amide bonds. The summed E-state index contributed by atoms with van der Waals surface area (Å²) in [4.78, 5) is 0. The molecule has 76 valence electrons. The molecule has 0 atom stereocenters. The lowest BCUT2D eigenvalue weighted by molar-refractivity contribution is 0.302. The first-order valence-electron chi connectivity index (χ1n) is 3.92. The molecular formula is C8H14O4S. The topological polar surface area (TPSA) is 74.6 Å². The maximum absolute atomic E-state index is 11.0. The summed E-state index contributed by atoms with van der Waals surface area (Å²) in [5, 5.41) is 18.8. The molecule has 0 aromatic carbocycles. The molecule has 0 aromatic heterocycles. The Morgan fingerprint density at radius 1 is 0.923 bits per heavy atom. The molecule has 4 nitrogen and oxygen atoms in total. The third kappa shape index (κ3) is 7.70. The fourth-order valence-corrected chi connectivity index (χ4v) is 1.50. The van der Waals surface area contributed by atoms with E-state index < -0.39 is 9.84 Å². The second kappa shape index (κ2) is 6.82. The molecule has 5 heteroatoms. The summed E-state index contributed by atoms with van der Waals surface area (Å²) >= 11 is 0. The Balaban J connectivity index is 4.09. The monoisotopic (exact) mass is 206 g/mol. The van der Waals surface area contributed by atoms with Crippen molar-refractivity contribution in [2.45, 2.75) is 12.8 Å². The highest BCUT2D eigenvalue weighted by atomic mass is 32.2. The largest absolute Gasteiger partial charge is 0.396 e. The van der Waals surface area contributed by atoms with Crippen molar-refractivity contribution < 1.29 is 18.6 Å². The summed E-state index contributed by atoms with van der Waals surface area (Å²) in [5.74, 6) is 0. The highest BCUT2D eigenvalue weighted by Gasteiger charge is 1.96. The van der Waals surface area contributed by atoms with Gasteiger partial charge in [0.05, 0.1) is 0 Å². The second-order valence-corrected chi connectivity index (χ2v) is 4.08. The van der Waals surface area contributed by atoms with E-state index in [0.717, 1.165) is 10.8 Å².